The average molecular weight is 252 g/mol. The summed E-state index contributed by atoms with van der Waals surface area (Å²) in [5.74, 6) is 0. The van der Waals surface area contributed by atoms with Gasteiger partial charge in [0, 0.05) is 18.8 Å². The number of aryl methyl sites for hydroxylation is 1. The Bertz CT molecular complexity index is 397. The number of carbonyl (C=O) groups excluding carboxylic acids is 1. The van der Waals surface area contributed by atoms with Crippen molar-refractivity contribution >= 4 is 11.7 Å². The summed E-state index contributed by atoms with van der Waals surface area (Å²) in [5.41, 5.74) is 0.699. The molecule has 2 rings (SSSR count). The van der Waals surface area contributed by atoms with Crippen molar-refractivity contribution in [2.75, 3.05) is 5.32 Å². The fourth-order valence-electron chi connectivity index (χ4n) is 2.17. The number of nitrogens with one attached hydrogen (secondary N) is 2. The molecule has 6 nitrogen and oxygen atoms in total. The first kappa shape index (κ1) is 12.9. The summed E-state index contributed by atoms with van der Waals surface area (Å²) in [6.07, 6.45) is 6.43. The van der Waals surface area contributed by atoms with Crippen LogP contribution in [0.1, 0.15) is 32.6 Å². The topological polar surface area (TPSA) is 79.2 Å². The molecule has 1 aromatic heterocycles. The summed E-state index contributed by atoms with van der Waals surface area (Å²) in [5, 5.41) is 19.1. The number of aliphatic hydroxyl groups is 1. The predicted molar refractivity (Wildman–Crippen MR) is 68.3 cm³/mol. The van der Waals surface area contributed by atoms with Crippen molar-refractivity contribution in [3.63, 3.8) is 0 Å². The number of carbonyl (C=O) groups is 1. The first-order valence-electron chi connectivity index (χ1n) is 6.45. The molecule has 1 saturated carbocycles. The maximum atomic E-state index is 11.7. The van der Waals surface area contributed by atoms with Crippen LogP contribution in [0.5, 0.6) is 0 Å². The number of aliphatic hydroxyl groups excluding tert-OH is 1. The Morgan fingerprint density at radius 1 is 1.50 bits per heavy atom. The maximum absolute atomic E-state index is 11.7. The number of urea groups is 1. The zero-order chi connectivity index (χ0) is 13.0. The van der Waals surface area contributed by atoms with E-state index in [2.05, 4.69) is 15.7 Å². The van der Waals surface area contributed by atoms with Crippen molar-refractivity contribution < 1.29 is 9.90 Å². The molecule has 2 amide bonds. The van der Waals surface area contributed by atoms with Crippen LogP contribution in [0.2, 0.25) is 0 Å². The molecule has 100 valence electrons. The van der Waals surface area contributed by atoms with Gasteiger partial charge in [0.15, 0.2) is 0 Å². The number of nitrogens with zero attached hydrogens (tertiary/aromatic N) is 2. The number of hydrogen-bond acceptors (Lipinski definition) is 3. The summed E-state index contributed by atoms with van der Waals surface area (Å²) in [7, 11) is 0. The highest BCUT2D eigenvalue weighted by Crippen LogP contribution is 2.18. The molecule has 0 spiro atoms. The Kier molecular flexibility index (Phi) is 4.19. The second-order valence-corrected chi connectivity index (χ2v) is 4.69. The van der Waals surface area contributed by atoms with Gasteiger partial charge in [-0.1, -0.05) is 0 Å². The van der Waals surface area contributed by atoms with Crippen molar-refractivity contribution in [3.05, 3.63) is 12.4 Å². The van der Waals surface area contributed by atoms with Crippen LogP contribution < -0.4 is 10.6 Å². The number of amides is 2. The van der Waals surface area contributed by atoms with E-state index in [4.69, 9.17) is 0 Å². The number of anilines is 1. The molecule has 0 unspecified atom stereocenters. The highest BCUT2D eigenvalue weighted by atomic mass is 16.3. The Balaban J connectivity index is 1.78. The van der Waals surface area contributed by atoms with E-state index in [0.29, 0.717) is 5.69 Å². The molecule has 1 fully saturated rings. The van der Waals surface area contributed by atoms with Crippen LogP contribution in [0, 0.1) is 0 Å². The van der Waals surface area contributed by atoms with Crippen LogP contribution in [0.15, 0.2) is 12.4 Å². The Hall–Kier alpha value is -1.56. The first-order valence-corrected chi connectivity index (χ1v) is 6.45. The molecule has 1 aliphatic rings. The standard InChI is InChI=1S/C12H20N4O2/c1-2-16-8-10(7-13-16)15-12(18)14-9-3-5-11(17)6-4-9/h7-9,11,17H,2-6H2,1H3,(H2,14,15,18). The van der Waals surface area contributed by atoms with Gasteiger partial charge in [0.2, 0.25) is 0 Å². The van der Waals surface area contributed by atoms with Crippen LogP contribution in [-0.4, -0.2) is 33.1 Å². The number of hydrogen-bond donors (Lipinski definition) is 3. The fraction of sp³-hybridized carbons (Fsp3) is 0.667. The van der Waals surface area contributed by atoms with Gasteiger partial charge < -0.3 is 15.7 Å². The number of rotatable bonds is 3. The second kappa shape index (κ2) is 5.86. The Morgan fingerprint density at radius 2 is 2.22 bits per heavy atom. The van der Waals surface area contributed by atoms with E-state index in [1.54, 1.807) is 17.1 Å². The molecule has 1 heterocycles. The van der Waals surface area contributed by atoms with Crippen LogP contribution >= 0.6 is 0 Å². The minimum Gasteiger partial charge on any atom is -0.393 e. The van der Waals surface area contributed by atoms with E-state index >= 15 is 0 Å². The monoisotopic (exact) mass is 252 g/mol. The summed E-state index contributed by atoms with van der Waals surface area (Å²) in [6.45, 7) is 2.77. The third-order valence-corrected chi connectivity index (χ3v) is 3.25. The quantitative estimate of drug-likeness (QED) is 0.759. The molecule has 0 bridgehead atoms. The molecular formula is C12H20N4O2. The van der Waals surface area contributed by atoms with Crippen molar-refractivity contribution in [2.24, 2.45) is 0 Å². The van der Waals surface area contributed by atoms with Gasteiger partial charge in [-0.2, -0.15) is 5.10 Å². The lowest BCUT2D eigenvalue weighted by molar-refractivity contribution is 0.118. The minimum absolute atomic E-state index is 0.162. The summed E-state index contributed by atoms with van der Waals surface area (Å²) < 4.78 is 1.76. The normalized spacial score (nSPS) is 23.7. The predicted octanol–water partition coefficient (Wildman–Crippen LogP) is 1.33. The smallest absolute Gasteiger partial charge is 0.319 e. The van der Waals surface area contributed by atoms with Crippen LogP contribution in [0.3, 0.4) is 0 Å². The SMILES string of the molecule is CCn1cc(NC(=O)NC2CCC(O)CC2)cn1. The van der Waals surface area contributed by atoms with Gasteiger partial charge in [-0.25, -0.2) is 4.79 Å². The van der Waals surface area contributed by atoms with Crippen LogP contribution in [0.25, 0.3) is 0 Å². The molecule has 0 aromatic carbocycles. The molecule has 3 N–H and O–H groups in total. The molecule has 0 saturated heterocycles. The van der Waals surface area contributed by atoms with Gasteiger partial charge in [-0.05, 0) is 32.6 Å². The molecule has 0 radical (unpaired) electrons. The first-order chi connectivity index (χ1) is 8.67. The Morgan fingerprint density at radius 3 is 2.83 bits per heavy atom. The van der Waals surface area contributed by atoms with E-state index in [1.807, 2.05) is 6.92 Å². The van der Waals surface area contributed by atoms with Gasteiger partial charge in [0.25, 0.3) is 0 Å². The summed E-state index contributed by atoms with van der Waals surface area (Å²) >= 11 is 0. The number of aromatic nitrogens is 2. The molecular weight excluding hydrogens is 232 g/mol. The van der Waals surface area contributed by atoms with Gasteiger partial charge in [0.05, 0.1) is 18.0 Å². The van der Waals surface area contributed by atoms with Crippen molar-refractivity contribution in [2.45, 2.75) is 51.3 Å². The summed E-state index contributed by atoms with van der Waals surface area (Å²) in [4.78, 5) is 11.7. The zero-order valence-electron chi connectivity index (χ0n) is 10.6. The van der Waals surface area contributed by atoms with Gasteiger partial charge in [-0.15, -0.1) is 0 Å². The molecule has 0 aliphatic heterocycles. The van der Waals surface area contributed by atoms with Crippen molar-refractivity contribution in [1.29, 1.82) is 0 Å². The lowest BCUT2D eigenvalue weighted by atomic mass is 9.93. The van der Waals surface area contributed by atoms with Crippen LogP contribution in [-0.2, 0) is 6.54 Å². The van der Waals surface area contributed by atoms with E-state index in [9.17, 15) is 9.90 Å². The third-order valence-electron chi connectivity index (χ3n) is 3.25. The lowest BCUT2D eigenvalue weighted by Crippen LogP contribution is -2.40. The van der Waals surface area contributed by atoms with Crippen molar-refractivity contribution in [1.82, 2.24) is 15.1 Å². The highest BCUT2D eigenvalue weighted by molar-refractivity contribution is 5.89. The molecule has 6 heteroatoms. The van der Waals surface area contributed by atoms with E-state index < -0.39 is 0 Å². The largest absolute Gasteiger partial charge is 0.393 e. The zero-order valence-corrected chi connectivity index (χ0v) is 10.6. The lowest BCUT2D eigenvalue weighted by Gasteiger charge is -2.26. The minimum atomic E-state index is -0.202. The van der Waals surface area contributed by atoms with Gasteiger partial charge in [-0.3, -0.25) is 4.68 Å². The average Bonchev–Trinajstić information content (AvgIpc) is 2.79. The second-order valence-electron chi connectivity index (χ2n) is 4.69. The van der Waals surface area contributed by atoms with Gasteiger partial charge >= 0.3 is 6.03 Å². The molecule has 1 aliphatic carbocycles. The van der Waals surface area contributed by atoms with E-state index in [-0.39, 0.29) is 18.2 Å². The van der Waals surface area contributed by atoms with Gasteiger partial charge in [0.1, 0.15) is 0 Å². The Labute approximate surface area is 106 Å². The molecule has 0 atom stereocenters. The molecule has 1 aromatic rings. The van der Waals surface area contributed by atoms with Crippen LogP contribution in [0.4, 0.5) is 10.5 Å². The fourth-order valence-corrected chi connectivity index (χ4v) is 2.17. The third kappa shape index (κ3) is 3.46. The summed E-state index contributed by atoms with van der Waals surface area (Å²) in [6, 6.07) is -0.0401. The maximum Gasteiger partial charge on any atom is 0.319 e. The van der Waals surface area contributed by atoms with E-state index in [0.717, 1.165) is 32.2 Å². The highest BCUT2D eigenvalue weighted by Gasteiger charge is 2.20. The van der Waals surface area contributed by atoms with Crippen molar-refractivity contribution in [3.8, 4) is 0 Å². The molecule has 18 heavy (non-hydrogen) atoms. The van der Waals surface area contributed by atoms with E-state index in [1.165, 1.54) is 0 Å².